The number of ether oxygens (including phenoxy) is 1. The van der Waals surface area contributed by atoms with Crippen LogP contribution < -0.4 is 11.1 Å². The lowest BCUT2D eigenvalue weighted by molar-refractivity contribution is -0.120. The third-order valence-electron chi connectivity index (χ3n) is 10.9. The van der Waals surface area contributed by atoms with Crippen LogP contribution in [-0.2, 0) is 22.7 Å². The molecule has 3 heterocycles. The Morgan fingerprint density at radius 2 is 1.67 bits per heavy atom. The number of nitrogens with one attached hydrogen (secondary N) is 1. The monoisotopic (exact) mass is 722 g/mol. The Balaban J connectivity index is 1.48. The highest BCUT2D eigenvalue weighted by atomic mass is 28.3. The SMILES string of the molecule is CCc1c(-c2ccc(NC(=O)[C@H](c3nnn(C(C)C)c3C(N)=O)C(C3CCCCC3)C3CCCCC3)nc2F)c(C)nn1COCC[Si](C)(C)C. The molecule has 0 aromatic carbocycles. The zero-order valence-electron chi connectivity index (χ0n) is 31.8. The Hall–Kier alpha value is -3.45. The Kier molecular flexibility index (Phi) is 12.9. The highest BCUT2D eigenvalue weighted by Gasteiger charge is 2.44. The number of amides is 2. The largest absolute Gasteiger partial charge is 0.364 e. The first-order valence-corrected chi connectivity index (χ1v) is 22.9. The fourth-order valence-electron chi connectivity index (χ4n) is 8.43. The fourth-order valence-corrected chi connectivity index (χ4v) is 9.19. The summed E-state index contributed by atoms with van der Waals surface area (Å²) in [5.41, 5.74) is 9.03. The molecule has 1 atom stereocenters. The second-order valence-electron chi connectivity index (χ2n) is 16.2. The van der Waals surface area contributed by atoms with E-state index in [1.807, 2.05) is 32.4 Å². The van der Waals surface area contributed by atoms with Gasteiger partial charge in [0, 0.05) is 37.5 Å². The van der Waals surface area contributed by atoms with E-state index in [4.69, 9.17) is 15.6 Å². The van der Waals surface area contributed by atoms with Gasteiger partial charge in [0.05, 0.1) is 11.6 Å². The van der Waals surface area contributed by atoms with Crippen LogP contribution in [0.1, 0.15) is 125 Å². The molecule has 0 bridgehead atoms. The van der Waals surface area contributed by atoms with Gasteiger partial charge in [-0.05, 0) is 63.1 Å². The number of primary amides is 1. The quantitative estimate of drug-likeness (QED) is 0.0919. The van der Waals surface area contributed by atoms with E-state index in [9.17, 15) is 9.59 Å². The van der Waals surface area contributed by atoms with E-state index in [0.717, 1.165) is 63.1 Å². The smallest absolute Gasteiger partial charge is 0.268 e. The fraction of sp³-hybridized carbons (Fsp3) is 0.684. The van der Waals surface area contributed by atoms with E-state index in [1.54, 1.807) is 12.1 Å². The van der Waals surface area contributed by atoms with Crippen molar-refractivity contribution in [1.82, 2.24) is 29.8 Å². The van der Waals surface area contributed by atoms with Crippen molar-refractivity contribution in [2.45, 2.75) is 143 Å². The highest BCUT2D eigenvalue weighted by molar-refractivity contribution is 6.76. The molecule has 0 spiro atoms. The average Bonchev–Trinajstić information content (AvgIpc) is 3.67. The van der Waals surface area contributed by atoms with Gasteiger partial charge in [-0.25, -0.2) is 14.3 Å². The van der Waals surface area contributed by atoms with Gasteiger partial charge < -0.3 is 15.8 Å². The van der Waals surface area contributed by atoms with E-state index < -0.39 is 25.8 Å². The van der Waals surface area contributed by atoms with Gasteiger partial charge in [0.1, 0.15) is 18.2 Å². The van der Waals surface area contributed by atoms with Crippen LogP contribution >= 0.6 is 0 Å². The normalized spacial score (nSPS) is 17.0. The van der Waals surface area contributed by atoms with Gasteiger partial charge in [0.2, 0.25) is 11.9 Å². The summed E-state index contributed by atoms with van der Waals surface area (Å²) in [5.74, 6) is -1.87. The number of hydrogen-bond donors (Lipinski definition) is 2. The van der Waals surface area contributed by atoms with E-state index in [-0.39, 0.29) is 29.4 Å². The Labute approximate surface area is 303 Å². The lowest BCUT2D eigenvalue weighted by atomic mass is 9.63. The van der Waals surface area contributed by atoms with Gasteiger partial charge in [-0.15, -0.1) is 5.10 Å². The molecule has 0 radical (unpaired) electrons. The molecule has 11 nitrogen and oxygen atoms in total. The second kappa shape index (κ2) is 16.9. The van der Waals surface area contributed by atoms with E-state index in [0.29, 0.717) is 54.1 Å². The molecule has 13 heteroatoms. The number of rotatable bonds is 15. The molecule has 0 aliphatic heterocycles. The van der Waals surface area contributed by atoms with Crippen molar-refractivity contribution < 1.29 is 18.7 Å². The molecular formula is C38H59FN8O3Si. The summed E-state index contributed by atoms with van der Waals surface area (Å²) in [6, 6.07) is 4.18. The van der Waals surface area contributed by atoms with Crippen LogP contribution in [-0.4, -0.2) is 56.3 Å². The van der Waals surface area contributed by atoms with Crippen LogP contribution in [0, 0.1) is 30.6 Å². The van der Waals surface area contributed by atoms with Crippen molar-refractivity contribution in [2.75, 3.05) is 11.9 Å². The highest BCUT2D eigenvalue weighted by Crippen LogP contribution is 2.47. The van der Waals surface area contributed by atoms with Crippen molar-refractivity contribution >= 4 is 25.7 Å². The van der Waals surface area contributed by atoms with E-state index in [1.165, 1.54) is 17.5 Å². The maximum Gasteiger partial charge on any atom is 0.268 e. The summed E-state index contributed by atoms with van der Waals surface area (Å²) in [4.78, 5) is 31.9. The number of aryl methyl sites for hydroxylation is 1. The molecular weight excluding hydrogens is 664 g/mol. The molecule has 0 unspecified atom stereocenters. The number of carbonyl (C=O) groups excluding carboxylic acids is 2. The minimum atomic E-state index is -1.23. The third-order valence-corrected chi connectivity index (χ3v) is 12.6. The average molecular weight is 723 g/mol. The van der Waals surface area contributed by atoms with E-state index >= 15 is 4.39 Å². The molecule has 0 saturated heterocycles. The van der Waals surface area contributed by atoms with Gasteiger partial charge in [-0.2, -0.15) is 9.49 Å². The van der Waals surface area contributed by atoms with Crippen molar-refractivity contribution in [3.63, 3.8) is 0 Å². The van der Waals surface area contributed by atoms with Crippen LogP contribution in [0.4, 0.5) is 10.2 Å². The molecule has 2 aliphatic rings. The molecule has 3 N–H and O–H groups in total. The van der Waals surface area contributed by atoms with Gasteiger partial charge in [-0.1, -0.05) is 96.0 Å². The van der Waals surface area contributed by atoms with E-state index in [2.05, 4.69) is 40.3 Å². The summed E-state index contributed by atoms with van der Waals surface area (Å²) in [5, 5.41) is 16.5. The first-order chi connectivity index (χ1) is 24.3. The van der Waals surface area contributed by atoms with Crippen LogP contribution in [0.2, 0.25) is 25.7 Å². The molecule has 280 valence electrons. The topological polar surface area (TPSA) is 143 Å². The zero-order chi connectivity index (χ0) is 36.9. The number of halogens is 1. The summed E-state index contributed by atoms with van der Waals surface area (Å²) in [6.07, 6.45) is 11.5. The predicted molar refractivity (Wildman–Crippen MR) is 201 cm³/mol. The molecule has 51 heavy (non-hydrogen) atoms. The first kappa shape index (κ1) is 38.8. The second-order valence-corrected chi connectivity index (χ2v) is 21.8. The van der Waals surface area contributed by atoms with Crippen LogP contribution in [0.5, 0.6) is 0 Å². The Morgan fingerprint density at radius 3 is 2.20 bits per heavy atom. The lowest BCUT2D eigenvalue weighted by Gasteiger charge is -2.41. The molecule has 5 rings (SSSR count). The Morgan fingerprint density at radius 1 is 1.04 bits per heavy atom. The standard InChI is InChI=1S/C38H59FN8O3Si/c1-8-29-31(25(4)44-46(29)23-50-21-22-51(5,6)7)28-19-20-30(41-36(28)39)42-38(49)33(34-35(37(40)48)47(24(2)3)45-43-34)32(26-15-11-9-12-16-26)27-17-13-10-14-18-27/h19-20,24,26-27,32-33H,8-18,21-23H2,1-7H3,(H2,40,48)(H,41,42,49)/t33-/m0/s1. The molecule has 3 aromatic heterocycles. The molecule has 2 amide bonds. The van der Waals surface area contributed by atoms with Crippen molar-refractivity contribution in [3.8, 4) is 11.1 Å². The first-order valence-electron chi connectivity index (χ1n) is 19.2. The summed E-state index contributed by atoms with van der Waals surface area (Å²) in [7, 11) is -1.23. The summed E-state index contributed by atoms with van der Waals surface area (Å²) in [6.45, 7) is 15.6. The maximum absolute atomic E-state index is 16.0. The van der Waals surface area contributed by atoms with Gasteiger partial charge in [0.25, 0.3) is 5.91 Å². The minimum Gasteiger partial charge on any atom is -0.364 e. The van der Waals surface area contributed by atoms with Crippen LogP contribution in [0.15, 0.2) is 12.1 Å². The molecule has 2 fully saturated rings. The number of nitrogens with zero attached hydrogens (tertiary/aromatic N) is 6. The molecule has 3 aromatic rings. The van der Waals surface area contributed by atoms with Crippen molar-refractivity contribution in [2.24, 2.45) is 23.5 Å². The minimum absolute atomic E-state index is 0.0568. The third kappa shape index (κ3) is 9.14. The van der Waals surface area contributed by atoms with Gasteiger partial charge in [-0.3, -0.25) is 9.59 Å². The lowest BCUT2D eigenvalue weighted by Crippen LogP contribution is -2.39. The maximum atomic E-state index is 16.0. The van der Waals surface area contributed by atoms with Crippen LogP contribution in [0.25, 0.3) is 11.1 Å². The van der Waals surface area contributed by atoms with Gasteiger partial charge in [0.15, 0.2) is 5.69 Å². The number of aromatic nitrogens is 6. The predicted octanol–water partition coefficient (Wildman–Crippen LogP) is 8.04. The number of nitrogens with two attached hydrogens (primary N) is 1. The number of carbonyl (C=O) groups is 2. The van der Waals surface area contributed by atoms with Gasteiger partial charge >= 0.3 is 0 Å². The summed E-state index contributed by atoms with van der Waals surface area (Å²) >= 11 is 0. The zero-order valence-corrected chi connectivity index (χ0v) is 32.8. The van der Waals surface area contributed by atoms with Crippen molar-refractivity contribution in [1.29, 1.82) is 0 Å². The van der Waals surface area contributed by atoms with Crippen molar-refractivity contribution in [3.05, 3.63) is 40.9 Å². The molecule has 2 aliphatic carbocycles. The summed E-state index contributed by atoms with van der Waals surface area (Å²) < 4.78 is 25.4. The number of pyridine rings is 1. The van der Waals surface area contributed by atoms with Crippen LogP contribution in [0.3, 0.4) is 0 Å². The number of hydrogen-bond acceptors (Lipinski definition) is 7. The Bertz CT molecular complexity index is 1630. The number of anilines is 1. The molecule has 2 saturated carbocycles.